The van der Waals surface area contributed by atoms with Gasteiger partial charge in [-0.15, -0.1) is 0 Å². The summed E-state index contributed by atoms with van der Waals surface area (Å²) in [6, 6.07) is 52.1. The summed E-state index contributed by atoms with van der Waals surface area (Å²) in [6.07, 6.45) is 2.21. The molecular weight excluding hydrogens is 648 g/mol. The molecule has 0 N–H and O–H groups in total. The van der Waals surface area contributed by atoms with Crippen molar-refractivity contribution in [3.05, 3.63) is 167 Å². The van der Waals surface area contributed by atoms with Crippen LogP contribution in [0.25, 0.3) is 31.9 Å². The Bertz CT molecular complexity index is 2100. The molecule has 0 spiro atoms. The van der Waals surface area contributed by atoms with Gasteiger partial charge in [0.1, 0.15) is 0 Å². The van der Waals surface area contributed by atoms with E-state index in [-0.39, 0.29) is 0 Å². The number of fused-ring (bicyclic) bond motifs is 12. The molecule has 6 aromatic rings. The van der Waals surface area contributed by atoms with E-state index in [1.54, 1.807) is 43.8 Å². The maximum absolute atomic E-state index is 3.10. The summed E-state index contributed by atoms with van der Waals surface area (Å²) < 4.78 is 6.72. The van der Waals surface area contributed by atoms with Crippen molar-refractivity contribution in [2.45, 2.75) is 43.2 Å². The summed E-state index contributed by atoms with van der Waals surface area (Å²) in [5, 5.41) is 12.1. The number of hydrogen-bond donors (Lipinski definition) is 0. The third-order valence-electron chi connectivity index (χ3n) is 11.8. The Hall–Kier alpha value is -3.58. The SMILES string of the molecule is CCC1=C2c3c(ccc4ccccc34)[CH]1[Zr]([CH3])([CH3])[CH]1C(CC)=C(c3c1ccc1ccccc31)[Si]2(c1ccccc1)c1ccccc1. The van der Waals surface area contributed by atoms with Gasteiger partial charge in [0, 0.05) is 0 Å². The topological polar surface area (TPSA) is 0 Å². The second kappa shape index (κ2) is 10.5. The Kier molecular flexibility index (Phi) is 6.51. The van der Waals surface area contributed by atoms with Crippen LogP contribution in [0.1, 0.15) is 56.2 Å². The van der Waals surface area contributed by atoms with Gasteiger partial charge in [0.15, 0.2) is 0 Å². The third kappa shape index (κ3) is 3.58. The summed E-state index contributed by atoms with van der Waals surface area (Å²) >= 11 is -3.10. The first-order valence-electron chi connectivity index (χ1n) is 17.2. The second-order valence-corrected chi connectivity index (χ2v) is 29.6. The van der Waals surface area contributed by atoms with Crippen LogP contribution in [0.5, 0.6) is 0 Å². The molecule has 0 saturated heterocycles. The molecule has 9 rings (SSSR count). The molecule has 6 aromatic carbocycles. The van der Waals surface area contributed by atoms with Gasteiger partial charge in [-0.2, -0.15) is 0 Å². The zero-order valence-electron chi connectivity index (χ0n) is 27.3. The molecule has 4 bridgehead atoms. The Labute approximate surface area is 278 Å². The molecule has 0 nitrogen and oxygen atoms in total. The predicted molar refractivity (Wildman–Crippen MR) is 197 cm³/mol. The van der Waals surface area contributed by atoms with Crippen LogP contribution >= 0.6 is 0 Å². The molecule has 0 saturated carbocycles. The molecule has 1 heterocycles. The van der Waals surface area contributed by atoms with Gasteiger partial charge < -0.3 is 0 Å². The van der Waals surface area contributed by atoms with Crippen molar-refractivity contribution in [3.8, 4) is 0 Å². The Morgan fingerprint density at radius 1 is 0.478 bits per heavy atom. The molecule has 0 aromatic heterocycles. The summed E-state index contributed by atoms with van der Waals surface area (Å²) in [6.45, 7) is 4.93. The molecule has 2 aliphatic carbocycles. The van der Waals surface area contributed by atoms with E-state index in [2.05, 4.69) is 157 Å². The third-order valence-corrected chi connectivity index (χ3v) is 27.4. The van der Waals surface area contributed by atoms with Crippen LogP contribution < -0.4 is 10.4 Å². The molecule has 46 heavy (non-hydrogen) atoms. The monoisotopic (exact) mass is 686 g/mol. The summed E-state index contributed by atoms with van der Waals surface area (Å²) in [4.78, 5) is 0. The molecule has 2 heteroatoms. The molecule has 2 unspecified atom stereocenters. The first kappa shape index (κ1) is 28.6. The van der Waals surface area contributed by atoms with Crippen molar-refractivity contribution in [1.82, 2.24) is 0 Å². The van der Waals surface area contributed by atoms with E-state index < -0.39 is 28.3 Å². The minimum atomic E-state index is -3.10. The summed E-state index contributed by atoms with van der Waals surface area (Å²) in [5.74, 6) is 0. The van der Waals surface area contributed by atoms with Gasteiger partial charge in [0.05, 0.1) is 0 Å². The molecular formula is C44H40SiZr. The molecule has 224 valence electrons. The maximum atomic E-state index is 2.80. The van der Waals surface area contributed by atoms with Crippen LogP contribution in [0.2, 0.25) is 9.26 Å². The van der Waals surface area contributed by atoms with Crippen LogP contribution in [0.4, 0.5) is 0 Å². The Morgan fingerprint density at radius 3 is 1.28 bits per heavy atom. The number of rotatable bonds is 4. The van der Waals surface area contributed by atoms with Crippen LogP contribution in [0.3, 0.4) is 0 Å². The first-order valence-corrected chi connectivity index (χ1v) is 26.9. The molecule has 2 atom stereocenters. The van der Waals surface area contributed by atoms with Gasteiger partial charge in [0.2, 0.25) is 0 Å². The number of allylic oxidation sites excluding steroid dienone is 2. The van der Waals surface area contributed by atoms with E-state index in [1.807, 2.05) is 0 Å². The first-order chi connectivity index (χ1) is 22.5. The van der Waals surface area contributed by atoms with E-state index in [9.17, 15) is 0 Å². The Balaban J connectivity index is 1.60. The van der Waals surface area contributed by atoms with Gasteiger partial charge in [-0.05, 0) is 0 Å². The quantitative estimate of drug-likeness (QED) is 0.162. The van der Waals surface area contributed by atoms with Gasteiger partial charge >= 0.3 is 281 Å². The second-order valence-electron chi connectivity index (χ2n) is 14.2. The zero-order chi connectivity index (χ0) is 31.2. The van der Waals surface area contributed by atoms with Crippen LogP contribution in [0.15, 0.2) is 145 Å². The number of hydrogen-bond acceptors (Lipinski definition) is 0. The fourth-order valence-electron chi connectivity index (χ4n) is 10.3. The predicted octanol–water partition coefficient (Wildman–Crippen LogP) is 10.7. The molecule has 0 amide bonds. The van der Waals surface area contributed by atoms with Crippen LogP contribution in [-0.2, 0) is 20.3 Å². The van der Waals surface area contributed by atoms with Crippen molar-refractivity contribution in [3.63, 3.8) is 0 Å². The van der Waals surface area contributed by atoms with Crippen LogP contribution in [0, 0.1) is 0 Å². The summed E-state index contributed by atoms with van der Waals surface area (Å²) in [7, 11) is -2.87. The van der Waals surface area contributed by atoms with E-state index in [1.165, 1.54) is 31.9 Å². The zero-order valence-corrected chi connectivity index (χ0v) is 30.7. The summed E-state index contributed by atoms with van der Waals surface area (Å²) in [5.41, 5.74) is 9.98. The van der Waals surface area contributed by atoms with E-state index in [0.717, 1.165) is 12.8 Å². The molecule has 1 aliphatic heterocycles. The van der Waals surface area contributed by atoms with Crippen LogP contribution in [-0.4, -0.2) is 8.07 Å². The van der Waals surface area contributed by atoms with Crippen molar-refractivity contribution in [1.29, 1.82) is 0 Å². The Morgan fingerprint density at radius 2 is 0.870 bits per heavy atom. The van der Waals surface area contributed by atoms with Gasteiger partial charge in [0.25, 0.3) is 0 Å². The van der Waals surface area contributed by atoms with Crippen molar-refractivity contribution in [2.75, 3.05) is 0 Å². The average molecular weight is 688 g/mol. The van der Waals surface area contributed by atoms with Gasteiger partial charge in [-0.1, -0.05) is 0 Å². The molecule has 3 aliphatic rings. The van der Waals surface area contributed by atoms with E-state index in [0.29, 0.717) is 7.25 Å². The van der Waals surface area contributed by atoms with Crippen molar-refractivity contribution in [2.24, 2.45) is 0 Å². The normalized spacial score (nSPS) is 20.5. The van der Waals surface area contributed by atoms with Crippen molar-refractivity contribution < 1.29 is 20.3 Å². The van der Waals surface area contributed by atoms with E-state index >= 15 is 0 Å². The fourth-order valence-corrected chi connectivity index (χ4v) is 29.1. The standard InChI is InChI=1S/C42H34Si.2CH3.Zr/c1-3-29-27-33-25-23-31-15-11-13-21-37(31)39(33)41(29)43(35-17-7-5-8-18-35,36-19-9-6-10-20-36)42-30(4-2)28-34-26-24-32-16-12-14-22-38(32)40(34)42;;;/h5-28H,3-4H2,1-2H3;2*1H3;. The minimum absolute atomic E-state index is 0.554. The van der Waals surface area contributed by atoms with Crippen molar-refractivity contribution >= 4 is 50.4 Å². The fraction of sp³-hybridized carbons (Fsp3) is 0.182. The molecule has 0 fully saturated rings. The average Bonchev–Trinajstić information content (AvgIpc) is 3.65. The van der Waals surface area contributed by atoms with Gasteiger partial charge in [-0.25, -0.2) is 0 Å². The van der Waals surface area contributed by atoms with E-state index in [4.69, 9.17) is 0 Å². The molecule has 0 radical (unpaired) electrons. The van der Waals surface area contributed by atoms with Gasteiger partial charge in [-0.3, -0.25) is 0 Å². The number of benzene rings is 6.